The highest BCUT2D eigenvalue weighted by molar-refractivity contribution is 6.67. The summed E-state index contributed by atoms with van der Waals surface area (Å²) in [4.78, 5) is 21.3. The summed E-state index contributed by atoms with van der Waals surface area (Å²) in [6, 6.07) is 7.65. The fraction of sp³-hybridized carbons (Fsp3) is 0.0833. The molecule has 1 aromatic carbocycles. The van der Waals surface area contributed by atoms with E-state index in [1.807, 2.05) is 0 Å². The van der Waals surface area contributed by atoms with Gasteiger partial charge in [-0.3, -0.25) is 14.9 Å². The average molecular weight is 266 g/mol. The Hall–Kier alpha value is -2.14. The maximum Gasteiger partial charge on any atom is 0.287 e. The highest BCUT2D eigenvalue weighted by atomic mass is 35.5. The van der Waals surface area contributed by atoms with Gasteiger partial charge in [0.15, 0.2) is 5.76 Å². The molecule has 0 unspecified atom stereocenters. The van der Waals surface area contributed by atoms with Crippen molar-refractivity contribution in [2.75, 3.05) is 0 Å². The van der Waals surface area contributed by atoms with Crippen molar-refractivity contribution in [2.45, 2.75) is 6.92 Å². The second-order valence-electron chi connectivity index (χ2n) is 3.64. The fourth-order valence-corrected chi connectivity index (χ4v) is 1.78. The van der Waals surface area contributed by atoms with Crippen LogP contribution in [0.2, 0.25) is 0 Å². The van der Waals surface area contributed by atoms with Gasteiger partial charge < -0.3 is 4.42 Å². The first kappa shape index (κ1) is 12.3. The van der Waals surface area contributed by atoms with E-state index in [0.717, 1.165) is 0 Å². The second-order valence-corrected chi connectivity index (χ2v) is 3.99. The third-order valence-electron chi connectivity index (χ3n) is 2.57. The zero-order chi connectivity index (χ0) is 13.3. The van der Waals surface area contributed by atoms with Gasteiger partial charge in [0, 0.05) is 17.2 Å². The van der Waals surface area contributed by atoms with Crippen molar-refractivity contribution in [3.63, 3.8) is 0 Å². The van der Waals surface area contributed by atoms with E-state index in [1.165, 1.54) is 12.1 Å². The van der Waals surface area contributed by atoms with Gasteiger partial charge in [-0.15, -0.1) is 0 Å². The number of carbonyl (C=O) groups is 1. The first-order chi connectivity index (χ1) is 8.50. The maximum absolute atomic E-state index is 10.9. The summed E-state index contributed by atoms with van der Waals surface area (Å²) in [6.45, 7) is 1.62. The normalized spacial score (nSPS) is 10.3. The molecule has 0 atom stereocenters. The molecule has 6 heteroatoms. The predicted octanol–water partition coefficient (Wildman–Crippen LogP) is 3.54. The molecule has 0 fully saturated rings. The quantitative estimate of drug-likeness (QED) is 0.483. The number of furan rings is 1. The molecule has 0 aliphatic rings. The molecule has 0 bridgehead atoms. The number of carbonyl (C=O) groups excluding carboxylic acids is 1. The topological polar surface area (TPSA) is 73.3 Å². The zero-order valence-corrected chi connectivity index (χ0v) is 10.1. The molecule has 1 aromatic heterocycles. The number of halogens is 1. The van der Waals surface area contributed by atoms with Crippen molar-refractivity contribution < 1.29 is 14.1 Å². The molecule has 1 heterocycles. The Labute approximate surface area is 107 Å². The molecule has 2 rings (SSSR count). The standard InChI is InChI=1S/C12H8ClNO4/c1-7-8(3-2-4-9(7)14(16)17)10-5-6-11(18-10)12(13)15/h2-6H,1H3. The van der Waals surface area contributed by atoms with Gasteiger partial charge in [0.25, 0.3) is 10.9 Å². The molecule has 0 saturated carbocycles. The lowest BCUT2D eigenvalue weighted by Gasteiger charge is -2.02. The third-order valence-corrected chi connectivity index (χ3v) is 2.75. The van der Waals surface area contributed by atoms with E-state index in [2.05, 4.69) is 0 Å². The Morgan fingerprint density at radius 1 is 1.33 bits per heavy atom. The van der Waals surface area contributed by atoms with Crippen LogP contribution in [0.4, 0.5) is 5.69 Å². The molecule has 0 N–H and O–H groups in total. The van der Waals surface area contributed by atoms with Crippen LogP contribution in [-0.4, -0.2) is 10.2 Å². The summed E-state index contributed by atoms with van der Waals surface area (Å²) in [5.41, 5.74) is 1.04. The van der Waals surface area contributed by atoms with Gasteiger partial charge in [-0.2, -0.15) is 0 Å². The van der Waals surface area contributed by atoms with E-state index in [9.17, 15) is 14.9 Å². The molecular formula is C12H8ClNO4. The first-order valence-electron chi connectivity index (χ1n) is 5.04. The molecule has 0 spiro atoms. The maximum atomic E-state index is 10.9. The van der Waals surface area contributed by atoms with Gasteiger partial charge >= 0.3 is 0 Å². The lowest BCUT2D eigenvalue weighted by molar-refractivity contribution is -0.385. The lowest BCUT2D eigenvalue weighted by atomic mass is 10.1. The average Bonchev–Trinajstić information content (AvgIpc) is 2.78. The number of hydrogen-bond acceptors (Lipinski definition) is 4. The van der Waals surface area contributed by atoms with Crippen LogP contribution >= 0.6 is 11.6 Å². The molecule has 2 aromatic rings. The summed E-state index contributed by atoms with van der Waals surface area (Å²) >= 11 is 5.28. The van der Waals surface area contributed by atoms with Crippen LogP contribution in [0.3, 0.4) is 0 Å². The summed E-state index contributed by atoms with van der Waals surface area (Å²) in [5, 5.41) is 10.1. The highest BCUT2D eigenvalue weighted by Crippen LogP contribution is 2.31. The number of hydrogen-bond donors (Lipinski definition) is 0. The number of rotatable bonds is 3. The van der Waals surface area contributed by atoms with Gasteiger partial charge in [0.2, 0.25) is 0 Å². The Bertz CT molecular complexity index is 633. The van der Waals surface area contributed by atoms with Gasteiger partial charge in [-0.1, -0.05) is 12.1 Å². The minimum atomic E-state index is -0.704. The Morgan fingerprint density at radius 3 is 2.61 bits per heavy atom. The van der Waals surface area contributed by atoms with E-state index in [1.54, 1.807) is 25.1 Å². The third kappa shape index (κ3) is 2.12. The van der Waals surface area contributed by atoms with Gasteiger partial charge in [-0.25, -0.2) is 0 Å². The van der Waals surface area contributed by atoms with Gasteiger partial charge in [0.05, 0.1) is 4.92 Å². The molecule has 0 aliphatic carbocycles. The predicted molar refractivity (Wildman–Crippen MR) is 65.7 cm³/mol. The Morgan fingerprint density at radius 2 is 2.06 bits per heavy atom. The van der Waals surface area contributed by atoms with Crippen LogP contribution in [0, 0.1) is 17.0 Å². The molecule has 0 amide bonds. The van der Waals surface area contributed by atoms with Crippen molar-refractivity contribution in [3.05, 3.63) is 51.8 Å². The molecule has 0 radical (unpaired) electrons. The SMILES string of the molecule is Cc1c(-c2ccc(C(=O)Cl)o2)cccc1[N+](=O)[O-]. The van der Waals surface area contributed by atoms with Crippen LogP contribution in [0.15, 0.2) is 34.7 Å². The van der Waals surface area contributed by atoms with Crippen LogP contribution < -0.4 is 0 Å². The summed E-state index contributed by atoms with van der Waals surface area (Å²) < 4.78 is 5.24. The van der Waals surface area contributed by atoms with Gasteiger partial charge in [0.1, 0.15) is 5.76 Å². The van der Waals surface area contributed by atoms with E-state index in [-0.39, 0.29) is 11.4 Å². The lowest BCUT2D eigenvalue weighted by Crippen LogP contribution is -1.93. The second kappa shape index (κ2) is 4.62. The van der Waals surface area contributed by atoms with Crippen LogP contribution in [0.25, 0.3) is 11.3 Å². The monoisotopic (exact) mass is 265 g/mol. The summed E-state index contributed by atoms with van der Waals surface area (Å²) in [6.07, 6.45) is 0. The summed E-state index contributed by atoms with van der Waals surface area (Å²) in [7, 11) is 0. The van der Waals surface area contributed by atoms with Crippen molar-refractivity contribution in [3.8, 4) is 11.3 Å². The smallest absolute Gasteiger partial charge is 0.287 e. The van der Waals surface area contributed by atoms with Crippen molar-refractivity contribution in [2.24, 2.45) is 0 Å². The molecular weight excluding hydrogens is 258 g/mol. The van der Waals surface area contributed by atoms with Gasteiger partial charge in [-0.05, 0) is 30.7 Å². The van der Waals surface area contributed by atoms with Crippen molar-refractivity contribution in [1.82, 2.24) is 0 Å². The first-order valence-corrected chi connectivity index (χ1v) is 5.42. The number of nitro groups is 1. The molecule has 92 valence electrons. The Kier molecular flexibility index (Phi) is 3.16. The van der Waals surface area contributed by atoms with E-state index >= 15 is 0 Å². The molecule has 5 nitrogen and oxygen atoms in total. The minimum absolute atomic E-state index is 0.00245. The molecule has 0 aliphatic heterocycles. The minimum Gasteiger partial charge on any atom is -0.452 e. The summed E-state index contributed by atoms with van der Waals surface area (Å²) in [5.74, 6) is 0.387. The number of nitrogens with zero attached hydrogens (tertiary/aromatic N) is 1. The number of benzene rings is 1. The van der Waals surface area contributed by atoms with Crippen molar-refractivity contribution in [1.29, 1.82) is 0 Å². The largest absolute Gasteiger partial charge is 0.452 e. The molecule has 0 saturated heterocycles. The van der Waals surface area contributed by atoms with Crippen LogP contribution in [-0.2, 0) is 0 Å². The number of nitro benzene ring substituents is 1. The zero-order valence-electron chi connectivity index (χ0n) is 9.34. The van der Waals surface area contributed by atoms with E-state index in [4.69, 9.17) is 16.0 Å². The Balaban J connectivity index is 2.53. The van der Waals surface area contributed by atoms with Crippen LogP contribution in [0.5, 0.6) is 0 Å². The van der Waals surface area contributed by atoms with E-state index in [0.29, 0.717) is 16.9 Å². The fourth-order valence-electron chi connectivity index (χ4n) is 1.68. The molecule has 18 heavy (non-hydrogen) atoms. The van der Waals surface area contributed by atoms with Crippen LogP contribution in [0.1, 0.15) is 16.1 Å². The highest BCUT2D eigenvalue weighted by Gasteiger charge is 2.17. The van der Waals surface area contributed by atoms with E-state index < -0.39 is 10.2 Å². The van der Waals surface area contributed by atoms with Crippen molar-refractivity contribution >= 4 is 22.5 Å².